The van der Waals surface area contributed by atoms with E-state index < -0.39 is 0 Å². The zero-order chi connectivity index (χ0) is 11.5. The lowest BCUT2D eigenvalue weighted by Crippen LogP contribution is -2.34. The average molecular weight is 234 g/mol. The van der Waals surface area contributed by atoms with Gasteiger partial charge in [0.05, 0.1) is 5.69 Å². The Morgan fingerprint density at radius 3 is 2.56 bits per heavy atom. The summed E-state index contributed by atoms with van der Waals surface area (Å²) in [5.74, 6) is 2.95. The van der Waals surface area contributed by atoms with Gasteiger partial charge in [-0.3, -0.25) is 0 Å². The van der Waals surface area contributed by atoms with Gasteiger partial charge >= 0.3 is 0 Å². The van der Waals surface area contributed by atoms with Crippen molar-refractivity contribution in [3.8, 4) is 6.07 Å². The lowest BCUT2D eigenvalue weighted by atomic mass is 10.1. The molecule has 0 aliphatic carbocycles. The molecule has 1 fully saturated rings. The fraction of sp³-hybridized carbons (Fsp3) is 0.545. The number of anilines is 1. The molecule has 0 aromatic carbocycles. The van der Waals surface area contributed by atoms with Gasteiger partial charge in [0, 0.05) is 24.6 Å². The Balaban J connectivity index is 2.40. The summed E-state index contributed by atoms with van der Waals surface area (Å²) in [6.45, 7) is 5.73. The van der Waals surface area contributed by atoms with Crippen molar-refractivity contribution in [2.45, 2.75) is 13.8 Å². The van der Waals surface area contributed by atoms with Gasteiger partial charge in [-0.1, -0.05) is 0 Å². The quantitative estimate of drug-likeness (QED) is 0.737. The Morgan fingerprint density at radius 2 is 1.94 bits per heavy atom. The minimum atomic E-state index is 0.680. The van der Waals surface area contributed by atoms with Gasteiger partial charge in [0.25, 0.3) is 0 Å². The second-order valence-electron chi connectivity index (χ2n) is 3.82. The fourth-order valence-electron chi connectivity index (χ4n) is 1.73. The third-order valence-electron chi connectivity index (χ3n) is 2.86. The van der Waals surface area contributed by atoms with Crippen LogP contribution in [0.5, 0.6) is 0 Å². The standard InChI is InChI=1S/C11H14N4S/c1-8-9(2)13-14-11(10(8)7-12)15-3-5-16-6-4-15/h3-6H2,1-2H3. The summed E-state index contributed by atoms with van der Waals surface area (Å²) in [7, 11) is 0. The molecular formula is C11H14N4S. The Hall–Kier alpha value is -1.28. The topological polar surface area (TPSA) is 52.8 Å². The third kappa shape index (κ3) is 1.98. The molecule has 5 heteroatoms. The molecule has 1 aromatic heterocycles. The first-order chi connectivity index (χ1) is 7.74. The van der Waals surface area contributed by atoms with Gasteiger partial charge in [-0.15, -0.1) is 5.10 Å². The van der Waals surface area contributed by atoms with Gasteiger partial charge in [0.1, 0.15) is 11.6 Å². The molecule has 0 unspecified atom stereocenters. The van der Waals surface area contributed by atoms with Gasteiger partial charge in [-0.25, -0.2) is 0 Å². The second-order valence-corrected chi connectivity index (χ2v) is 5.04. The van der Waals surface area contributed by atoms with Crippen LogP contribution in [0.1, 0.15) is 16.8 Å². The molecule has 0 saturated carbocycles. The van der Waals surface area contributed by atoms with Gasteiger partial charge in [-0.2, -0.15) is 22.1 Å². The van der Waals surface area contributed by atoms with Crippen LogP contribution < -0.4 is 4.90 Å². The third-order valence-corrected chi connectivity index (χ3v) is 3.80. The highest BCUT2D eigenvalue weighted by atomic mass is 32.2. The predicted octanol–water partition coefficient (Wildman–Crippen LogP) is 1.52. The molecule has 1 aliphatic heterocycles. The largest absolute Gasteiger partial charge is 0.352 e. The maximum Gasteiger partial charge on any atom is 0.169 e. The van der Waals surface area contributed by atoms with E-state index in [1.807, 2.05) is 25.6 Å². The molecule has 0 atom stereocenters. The minimum Gasteiger partial charge on any atom is -0.352 e. The van der Waals surface area contributed by atoms with E-state index in [0.717, 1.165) is 41.7 Å². The number of aromatic nitrogens is 2. The number of hydrogen-bond acceptors (Lipinski definition) is 5. The van der Waals surface area contributed by atoms with Crippen molar-refractivity contribution in [3.63, 3.8) is 0 Å². The normalized spacial score (nSPS) is 15.9. The van der Waals surface area contributed by atoms with Crippen LogP contribution in [-0.2, 0) is 0 Å². The molecule has 2 rings (SSSR count). The molecule has 4 nitrogen and oxygen atoms in total. The zero-order valence-electron chi connectivity index (χ0n) is 9.53. The molecule has 0 bridgehead atoms. The molecule has 84 valence electrons. The highest BCUT2D eigenvalue weighted by Crippen LogP contribution is 2.23. The van der Waals surface area contributed by atoms with Crippen molar-refractivity contribution in [2.75, 3.05) is 29.5 Å². The molecule has 0 spiro atoms. The minimum absolute atomic E-state index is 0.680. The van der Waals surface area contributed by atoms with E-state index in [-0.39, 0.29) is 0 Å². The van der Waals surface area contributed by atoms with Crippen LogP contribution in [0.3, 0.4) is 0 Å². The first kappa shape index (κ1) is 11.2. The fourth-order valence-corrected chi connectivity index (χ4v) is 2.63. The molecule has 1 aliphatic rings. The van der Waals surface area contributed by atoms with Crippen LogP contribution in [0.2, 0.25) is 0 Å². The number of aryl methyl sites for hydroxylation is 1. The van der Waals surface area contributed by atoms with Gasteiger partial charge in [0.2, 0.25) is 0 Å². The highest BCUT2D eigenvalue weighted by molar-refractivity contribution is 7.99. The first-order valence-corrected chi connectivity index (χ1v) is 6.46. The molecular weight excluding hydrogens is 220 g/mol. The summed E-state index contributed by atoms with van der Waals surface area (Å²) in [4.78, 5) is 2.16. The lowest BCUT2D eigenvalue weighted by molar-refractivity contribution is 0.806. The number of thioether (sulfide) groups is 1. The van der Waals surface area contributed by atoms with E-state index in [9.17, 15) is 5.26 Å². The van der Waals surface area contributed by atoms with E-state index in [1.165, 1.54) is 0 Å². The van der Waals surface area contributed by atoms with Crippen molar-refractivity contribution in [2.24, 2.45) is 0 Å². The summed E-state index contributed by atoms with van der Waals surface area (Å²) in [6.07, 6.45) is 0. The molecule has 0 N–H and O–H groups in total. The predicted molar refractivity (Wildman–Crippen MR) is 65.8 cm³/mol. The van der Waals surface area contributed by atoms with E-state index in [4.69, 9.17) is 0 Å². The molecule has 0 amide bonds. The van der Waals surface area contributed by atoms with Gasteiger partial charge < -0.3 is 4.90 Å². The molecule has 1 aromatic rings. The smallest absolute Gasteiger partial charge is 0.169 e. The first-order valence-electron chi connectivity index (χ1n) is 5.30. The van der Waals surface area contributed by atoms with Gasteiger partial charge in [-0.05, 0) is 19.4 Å². The van der Waals surface area contributed by atoms with E-state index in [2.05, 4.69) is 21.2 Å². The summed E-state index contributed by atoms with van der Waals surface area (Å²) in [5.41, 5.74) is 2.47. The summed E-state index contributed by atoms with van der Waals surface area (Å²) >= 11 is 1.94. The zero-order valence-corrected chi connectivity index (χ0v) is 10.3. The van der Waals surface area contributed by atoms with Crippen LogP contribution in [-0.4, -0.2) is 34.8 Å². The average Bonchev–Trinajstić information content (AvgIpc) is 2.33. The van der Waals surface area contributed by atoms with E-state index >= 15 is 0 Å². The Morgan fingerprint density at radius 1 is 1.25 bits per heavy atom. The number of nitriles is 1. The lowest BCUT2D eigenvalue weighted by Gasteiger charge is -2.28. The van der Waals surface area contributed by atoms with Crippen molar-refractivity contribution in [1.29, 1.82) is 5.26 Å². The van der Waals surface area contributed by atoms with Crippen molar-refractivity contribution < 1.29 is 0 Å². The van der Waals surface area contributed by atoms with Crippen LogP contribution in [0, 0.1) is 25.2 Å². The molecule has 0 radical (unpaired) electrons. The monoisotopic (exact) mass is 234 g/mol. The Kier molecular flexibility index (Phi) is 3.30. The number of rotatable bonds is 1. The summed E-state index contributed by atoms with van der Waals surface area (Å²) < 4.78 is 0. The van der Waals surface area contributed by atoms with Gasteiger partial charge in [0.15, 0.2) is 5.82 Å². The molecule has 16 heavy (non-hydrogen) atoms. The van der Waals surface area contributed by atoms with Crippen molar-refractivity contribution in [3.05, 3.63) is 16.8 Å². The van der Waals surface area contributed by atoms with E-state index in [0.29, 0.717) is 5.56 Å². The van der Waals surface area contributed by atoms with Crippen molar-refractivity contribution in [1.82, 2.24) is 10.2 Å². The van der Waals surface area contributed by atoms with Crippen LogP contribution >= 0.6 is 11.8 Å². The van der Waals surface area contributed by atoms with Crippen molar-refractivity contribution >= 4 is 17.6 Å². The van der Waals surface area contributed by atoms with Crippen LogP contribution in [0.15, 0.2) is 0 Å². The molecule has 1 saturated heterocycles. The highest BCUT2D eigenvalue weighted by Gasteiger charge is 2.19. The second kappa shape index (κ2) is 4.71. The Bertz CT molecular complexity index is 432. The maximum absolute atomic E-state index is 9.20. The molecule has 2 heterocycles. The SMILES string of the molecule is Cc1nnc(N2CCSCC2)c(C#N)c1C. The number of hydrogen-bond donors (Lipinski definition) is 0. The Labute approximate surface area is 99.7 Å². The summed E-state index contributed by atoms with van der Waals surface area (Å²) in [6, 6.07) is 2.25. The van der Waals surface area contributed by atoms with Crippen LogP contribution in [0.4, 0.5) is 5.82 Å². The summed E-state index contributed by atoms with van der Waals surface area (Å²) in [5, 5.41) is 17.5. The van der Waals surface area contributed by atoms with E-state index in [1.54, 1.807) is 0 Å². The van der Waals surface area contributed by atoms with Crippen LogP contribution in [0.25, 0.3) is 0 Å². The number of nitrogens with zero attached hydrogens (tertiary/aromatic N) is 4. The maximum atomic E-state index is 9.20.